The molecule has 0 unspecified atom stereocenters. The van der Waals surface area contributed by atoms with Crippen LogP contribution in [0.3, 0.4) is 0 Å². The van der Waals surface area contributed by atoms with Crippen LogP contribution in [0.4, 0.5) is 5.69 Å². The van der Waals surface area contributed by atoms with Crippen molar-refractivity contribution in [1.82, 2.24) is 0 Å². The number of carboxylic acid groups (broad SMARTS) is 1. The van der Waals surface area contributed by atoms with Crippen LogP contribution in [-0.2, 0) is 4.79 Å². The molecular weight excluding hydrogens is 252 g/mol. The number of halogens is 1. The summed E-state index contributed by atoms with van der Waals surface area (Å²) in [4.78, 5) is 10.9. The zero-order chi connectivity index (χ0) is 13.1. The summed E-state index contributed by atoms with van der Waals surface area (Å²) in [5.74, 6) is -0.978. The molecule has 94 valence electrons. The molecule has 1 fully saturated rings. The highest BCUT2D eigenvalue weighted by Gasteiger charge is 2.29. The minimum atomic E-state index is -0.725. The van der Waals surface area contributed by atoms with Gasteiger partial charge in [0.2, 0.25) is 0 Å². The van der Waals surface area contributed by atoms with Crippen LogP contribution in [0.25, 0.3) is 0 Å². The van der Waals surface area contributed by atoms with E-state index in [4.69, 9.17) is 22.0 Å². The third kappa shape index (κ3) is 2.74. The smallest absolute Gasteiger partial charge is 0.306 e. The lowest BCUT2D eigenvalue weighted by molar-refractivity contribution is -0.141. The van der Waals surface area contributed by atoms with Gasteiger partial charge in [0.05, 0.1) is 16.5 Å². The average molecular weight is 265 g/mol. The topological polar surface area (TPSA) is 73.1 Å². The molecule has 2 N–H and O–H groups in total. The van der Waals surface area contributed by atoms with Crippen molar-refractivity contribution in [3.05, 3.63) is 28.8 Å². The summed E-state index contributed by atoms with van der Waals surface area (Å²) in [5.41, 5.74) is 1.27. The van der Waals surface area contributed by atoms with Gasteiger partial charge in [-0.15, -0.1) is 0 Å². The highest BCUT2D eigenvalue weighted by molar-refractivity contribution is 6.32. The number of rotatable bonds is 3. The molecule has 0 spiro atoms. The van der Waals surface area contributed by atoms with Gasteiger partial charge in [-0.1, -0.05) is 11.6 Å². The second-order valence-electron chi connectivity index (χ2n) is 4.50. The highest BCUT2D eigenvalue weighted by atomic mass is 35.5. The summed E-state index contributed by atoms with van der Waals surface area (Å²) < 4.78 is 0. The molecule has 2 rings (SSSR count). The fraction of sp³-hybridized carbons (Fsp3) is 0.385. The van der Waals surface area contributed by atoms with Gasteiger partial charge in [-0.05, 0) is 37.5 Å². The lowest BCUT2D eigenvalue weighted by atomic mass is 10.1. The van der Waals surface area contributed by atoms with Crippen molar-refractivity contribution in [1.29, 1.82) is 5.26 Å². The van der Waals surface area contributed by atoms with Gasteiger partial charge in [0.15, 0.2) is 0 Å². The third-order valence-electron chi connectivity index (χ3n) is 3.24. The Labute approximate surface area is 110 Å². The molecule has 2 atom stereocenters. The summed E-state index contributed by atoms with van der Waals surface area (Å²) in [6, 6.07) is 7.32. The molecule has 0 saturated heterocycles. The van der Waals surface area contributed by atoms with Gasteiger partial charge in [0.1, 0.15) is 6.07 Å². The van der Waals surface area contributed by atoms with E-state index in [1.54, 1.807) is 18.2 Å². The number of nitrogens with one attached hydrogen (secondary N) is 1. The highest BCUT2D eigenvalue weighted by Crippen LogP contribution is 2.29. The number of nitriles is 1. The van der Waals surface area contributed by atoms with Crippen molar-refractivity contribution in [2.24, 2.45) is 5.92 Å². The van der Waals surface area contributed by atoms with E-state index in [9.17, 15) is 4.79 Å². The van der Waals surface area contributed by atoms with Gasteiger partial charge in [-0.25, -0.2) is 0 Å². The molecule has 0 amide bonds. The summed E-state index contributed by atoms with van der Waals surface area (Å²) in [5, 5.41) is 21.4. The van der Waals surface area contributed by atoms with Gasteiger partial charge in [-0.2, -0.15) is 5.26 Å². The first-order valence-corrected chi connectivity index (χ1v) is 6.17. The van der Waals surface area contributed by atoms with E-state index in [0.29, 0.717) is 23.4 Å². The van der Waals surface area contributed by atoms with Crippen LogP contribution in [0.2, 0.25) is 5.02 Å². The first kappa shape index (κ1) is 12.7. The minimum absolute atomic E-state index is 0.162. The number of carbonyl (C=O) groups is 1. The van der Waals surface area contributed by atoms with Crippen LogP contribution in [0.5, 0.6) is 0 Å². The van der Waals surface area contributed by atoms with Crippen LogP contribution in [0, 0.1) is 17.2 Å². The Kier molecular flexibility index (Phi) is 3.73. The largest absolute Gasteiger partial charge is 0.481 e. The van der Waals surface area contributed by atoms with Crippen molar-refractivity contribution in [2.75, 3.05) is 5.32 Å². The summed E-state index contributed by atoms with van der Waals surface area (Å²) in [6.45, 7) is 0. The van der Waals surface area contributed by atoms with Crippen molar-refractivity contribution >= 4 is 23.3 Å². The molecule has 1 aliphatic carbocycles. The second kappa shape index (κ2) is 5.28. The van der Waals surface area contributed by atoms with E-state index in [2.05, 4.69) is 5.32 Å². The number of carboxylic acids is 1. The molecule has 1 aromatic rings. The Morgan fingerprint density at radius 2 is 2.28 bits per heavy atom. The van der Waals surface area contributed by atoms with Gasteiger partial charge in [-0.3, -0.25) is 4.79 Å². The molecule has 5 heteroatoms. The number of hydrogen-bond acceptors (Lipinski definition) is 3. The average Bonchev–Trinajstić information content (AvgIpc) is 2.78. The van der Waals surface area contributed by atoms with E-state index in [-0.39, 0.29) is 12.0 Å². The lowest BCUT2D eigenvalue weighted by Gasteiger charge is -2.14. The maximum absolute atomic E-state index is 10.9. The Bertz CT molecular complexity index is 510. The predicted octanol–water partition coefficient (Wildman–Crippen LogP) is 2.88. The molecule has 18 heavy (non-hydrogen) atoms. The molecular formula is C13H13ClN2O2. The zero-order valence-corrected chi connectivity index (χ0v) is 10.4. The van der Waals surface area contributed by atoms with Crippen molar-refractivity contribution in [2.45, 2.75) is 25.3 Å². The Hall–Kier alpha value is -1.73. The van der Waals surface area contributed by atoms with Crippen LogP contribution in [0.1, 0.15) is 24.8 Å². The number of benzene rings is 1. The molecule has 0 radical (unpaired) electrons. The van der Waals surface area contributed by atoms with Crippen LogP contribution >= 0.6 is 11.6 Å². The molecule has 0 heterocycles. The molecule has 1 aromatic carbocycles. The molecule has 0 aliphatic heterocycles. The van der Waals surface area contributed by atoms with Gasteiger partial charge < -0.3 is 10.4 Å². The molecule has 1 aliphatic rings. The number of hydrogen-bond donors (Lipinski definition) is 2. The Balaban J connectivity index is 2.01. The number of nitrogens with zero attached hydrogens (tertiary/aromatic N) is 1. The summed E-state index contributed by atoms with van der Waals surface area (Å²) in [6.07, 6.45) is 2.18. The van der Waals surface area contributed by atoms with Crippen molar-refractivity contribution in [3.8, 4) is 6.07 Å². The van der Waals surface area contributed by atoms with E-state index in [1.165, 1.54) is 0 Å². The van der Waals surface area contributed by atoms with E-state index in [0.717, 1.165) is 12.1 Å². The number of aliphatic carboxylic acids is 1. The first-order chi connectivity index (χ1) is 8.60. The normalized spacial score (nSPS) is 22.4. The van der Waals surface area contributed by atoms with Crippen LogP contribution in [0.15, 0.2) is 18.2 Å². The molecule has 1 saturated carbocycles. The number of anilines is 1. The predicted molar refractivity (Wildman–Crippen MR) is 68.6 cm³/mol. The zero-order valence-electron chi connectivity index (χ0n) is 9.69. The molecule has 0 bridgehead atoms. The quantitative estimate of drug-likeness (QED) is 0.880. The van der Waals surface area contributed by atoms with Gasteiger partial charge in [0.25, 0.3) is 0 Å². The van der Waals surface area contributed by atoms with E-state index < -0.39 is 5.97 Å². The maximum atomic E-state index is 10.9. The van der Waals surface area contributed by atoms with Crippen molar-refractivity contribution < 1.29 is 9.90 Å². The fourth-order valence-corrected chi connectivity index (χ4v) is 2.49. The molecule has 0 aromatic heterocycles. The molecule has 4 nitrogen and oxygen atoms in total. The second-order valence-corrected chi connectivity index (χ2v) is 4.90. The Morgan fingerprint density at radius 1 is 1.50 bits per heavy atom. The maximum Gasteiger partial charge on any atom is 0.306 e. The van der Waals surface area contributed by atoms with Crippen molar-refractivity contribution in [3.63, 3.8) is 0 Å². The summed E-state index contributed by atoms with van der Waals surface area (Å²) in [7, 11) is 0. The lowest BCUT2D eigenvalue weighted by Crippen LogP contribution is -2.17. The fourth-order valence-electron chi connectivity index (χ4n) is 2.27. The SMILES string of the molecule is N#Cc1ccc(N[C@H]2CC[C@@H](C(=O)O)C2)cc1Cl. The van der Waals surface area contributed by atoms with E-state index >= 15 is 0 Å². The third-order valence-corrected chi connectivity index (χ3v) is 3.55. The van der Waals surface area contributed by atoms with Gasteiger partial charge in [0, 0.05) is 11.7 Å². The van der Waals surface area contributed by atoms with Crippen LogP contribution in [-0.4, -0.2) is 17.1 Å². The first-order valence-electron chi connectivity index (χ1n) is 5.79. The minimum Gasteiger partial charge on any atom is -0.481 e. The monoisotopic (exact) mass is 264 g/mol. The van der Waals surface area contributed by atoms with E-state index in [1.807, 2.05) is 6.07 Å². The standard InChI is InChI=1S/C13H13ClN2O2/c14-12-6-11(4-2-9(12)7-15)16-10-3-1-8(5-10)13(17)18/h2,4,6,8,10,16H,1,3,5H2,(H,17,18)/t8-,10+/m1/s1. The van der Waals surface area contributed by atoms with Gasteiger partial charge >= 0.3 is 5.97 Å². The van der Waals surface area contributed by atoms with Crippen LogP contribution < -0.4 is 5.32 Å². The Morgan fingerprint density at radius 3 is 2.83 bits per heavy atom. The summed E-state index contributed by atoms with van der Waals surface area (Å²) >= 11 is 5.94.